The molecule has 1 amide bonds. The van der Waals surface area contributed by atoms with E-state index in [1.165, 1.54) is 5.69 Å². The molecule has 1 aliphatic heterocycles. The first-order chi connectivity index (χ1) is 10.7. The Balaban J connectivity index is 0.00000156. The van der Waals surface area contributed by atoms with Crippen LogP contribution in [0.3, 0.4) is 0 Å². The molecule has 4 rings (SSSR count). The smallest absolute Gasteiger partial charge is 0.274 e. The summed E-state index contributed by atoms with van der Waals surface area (Å²) in [6.45, 7) is 1.39. The zero-order chi connectivity index (χ0) is 15.1. The largest absolute Gasteiger partial charge is 0.336 e. The van der Waals surface area contributed by atoms with Crippen molar-refractivity contribution in [2.24, 2.45) is 5.73 Å². The Hall–Kier alpha value is -1.85. The van der Waals surface area contributed by atoms with E-state index in [0.717, 1.165) is 43.5 Å². The average molecular weight is 333 g/mol. The van der Waals surface area contributed by atoms with Gasteiger partial charge in [0.05, 0.1) is 5.69 Å². The minimum atomic E-state index is 0. The molecule has 1 aliphatic carbocycles. The molecule has 1 saturated heterocycles. The molecule has 1 aromatic carbocycles. The molecule has 2 N–H and O–H groups in total. The second-order valence-corrected chi connectivity index (χ2v) is 6.17. The molecule has 0 bridgehead atoms. The molecule has 2 heterocycles. The third-order valence-electron chi connectivity index (χ3n) is 4.65. The zero-order valence-corrected chi connectivity index (χ0v) is 13.8. The van der Waals surface area contributed by atoms with Gasteiger partial charge in [-0.25, -0.2) is 4.68 Å². The number of aromatic nitrogens is 2. The number of hydrogen-bond acceptors (Lipinski definition) is 3. The first kappa shape index (κ1) is 16.0. The zero-order valence-electron chi connectivity index (χ0n) is 12.9. The van der Waals surface area contributed by atoms with E-state index in [1.54, 1.807) is 0 Å². The summed E-state index contributed by atoms with van der Waals surface area (Å²) in [5.41, 5.74) is 9.91. The van der Waals surface area contributed by atoms with Gasteiger partial charge in [-0.2, -0.15) is 5.10 Å². The number of halogens is 1. The number of carbonyl (C=O) groups is 1. The van der Waals surface area contributed by atoms with Crippen LogP contribution >= 0.6 is 12.4 Å². The number of fused-ring (bicyclic) bond motifs is 1. The van der Waals surface area contributed by atoms with E-state index in [0.29, 0.717) is 12.2 Å². The number of nitrogens with two attached hydrogens (primary N) is 1. The first-order valence-corrected chi connectivity index (χ1v) is 7.95. The molecule has 0 spiro atoms. The van der Waals surface area contributed by atoms with Gasteiger partial charge in [0.15, 0.2) is 5.69 Å². The summed E-state index contributed by atoms with van der Waals surface area (Å²) in [6.07, 6.45) is 3.92. The van der Waals surface area contributed by atoms with Crippen LogP contribution in [0.5, 0.6) is 0 Å². The third-order valence-corrected chi connectivity index (χ3v) is 4.65. The van der Waals surface area contributed by atoms with Crippen LogP contribution in [-0.4, -0.2) is 39.7 Å². The number of benzene rings is 1. The fraction of sp³-hybridized carbons (Fsp3) is 0.412. The summed E-state index contributed by atoms with van der Waals surface area (Å²) in [6, 6.07) is 10.2. The van der Waals surface area contributed by atoms with E-state index in [4.69, 9.17) is 5.73 Å². The lowest BCUT2D eigenvalue weighted by Crippen LogP contribution is -2.32. The summed E-state index contributed by atoms with van der Waals surface area (Å²) in [4.78, 5) is 14.6. The van der Waals surface area contributed by atoms with Crippen LogP contribution in [0.1, 0.15) is 34.6 Å². The van der Waals surface area contributed by atoms with E-state index < -0.39 is 0 Å². The first-order valence-electron chi connectivity index (χ1n) is 7.95. The van der Waals surface area contributed by atoms with Crippen LogP contribution in [0.4, 0.5) is 0 Å². The summed E-state index contributed by atoms with van der Waals surface area (Å²) < 4.78 is 1.95. The Morgan fingerprint density at radius 3 is 2.70 bits per heavy atom. The number of amides is 1. The van der Waals surface area contributed by atoms with E-state index in [2.05, 4.69) is 5.10 Å². The molecular formula is C17H21ClN4O. The number of nitrogens with zero attached hydrogens (tertiary/aromatic N) is 3. The maximum Gasteiger partial charge on any atom is 0.274 e. The predicted molar refractivity (Wildman–Crippen MR) is 91.3 cm³/mol. The fourth-order valence-electron chi connectivity index (χ4n) is 3.51. The second kappa shape index (κ2) is 6.34. The maximum absolute atomic E-state index is 12.8. The van der Waals surface area contributed by atoms with Crippen LogP contribution < -0.4 is 5.73 Å². The van der Waals surface area contributed by atoms with E-state index in [1.807, 2.05) is 39.9 Å². The fourth-order valence-corrected chi connectivity index (χ4v) is 3.51. The number of hydrogen-bond donors (Lipinski definition) is 1. The predicted octanol–water partition coefficient (Wildman–Crippen LogP) is 1.96. The van der Waals surface area contributed by atoms with Crippen molar-refractivity contribution in [3.05, 3.63) is 47.3 Å². The summed E-state index contributed by atoms with van der Waals surface area (Å²) >= 11 is 0. The Bertz CT molecular complexity index is 713. The van der Waals surface area contributed by atoms with Crippen molar-refractivity contribution in [1.82, 2.24) is 14.7 Å². The van der Waals surface area contributed by atoms with Crippen molar-refractivity contribution in [2.75, 3.05) is 13.1 Å². The van der Waals surface area contributed by atoms with Gasteiger partial charge in [0.2, 0.25) is 0 Å². The van der Waals surface area contributed by atoms with Crippen LogP contribution in [0, 0.1) is 0 Å². The summed E-state index contributed by atoms with van der Waals surface area (Å²) in [7, 11) is 0. The molecule has 6 heteroatoms. The molecule has 0 radical (unpaired) electrons. The topological polar surface area (TPSA) is 64.2 Å². The van der Waals surface area contributed by atoms with Crippen LogP contribution in [0.25, 0.3) is 5.69 Å². The average Bonchev–Trinajstić information content (AvgIpc) is 3.23. The monoisotopic (exact) mass is 332 g/mol. The van der Waals surface area contributed by atoms with Crippen molar-refractivity contribution < 1.29 is 4.79 Å². The Labute approximate surface area is 141 Å². The molecule has 0 saturated carbocycles. The quantitative estimate of drug-likeness (QED) is 0.914. The molecule has 1 atom stereocenters. The molecular weight excluding hydrogens is 312 g/mol. The maximum atomic E-state index is 12.8. The highest BCUT2D eigenvalue weighted by Gasteiger charge is 2.32. The molecule has 1 fully saturated rings. The van der Waals surface area contributed by atoms with Gasteiger partial charge < -0.3 is 10.6 Å². The Morgan fingerprint density at radius 1 is 1.22 bits per heavy atom. The van der Waals surface area contributed by atoms with Gasteiger partial charge in [-0.3, -0.25) is 4.79 Å². The van der Waals surface area contributed by atoms with Crippen molar-refractivity contribution in [1.29, 1.82) is 0 Å². The number of rotatable bonds is 2. The molecule has 2 aliphatic rings. The standard InChI is InChI=1S/C17H20N4O.ClH/c18-12-9-10-20(11-12)17(22)16-14-7-4-8-15(14)21(19-16)13-5-2-1-3-6-13;/h1-3,5-6,12H,4,7-11,18H2;1H/t12-;/m1./s1. The van der Waals surface area contributed by atoms with Gasteiger partial charge in [-0.1, -0.05) is 18.2 Å². The van der Waals surface area contributed by atoms with E-state index in [9.17, 15) is 4.79 Å². The number of likely N-dealkylation sites (tertiary alicyclic amines) is 1. The van der Waals surface area contributed by atoms with Crippen molar-refractivity contribution in [3.8, 4) is 5.69 Å². The molecule has 122 valence electrons. The van der Waals surface area contributed by atoms with Gasteiger partial charge in [0.1, 0.15) is 0 Å². The number of carbonyl (C=O) groups excluding carboxylic acids is 1. The highest BCUT2D eigenvalue weighted by atomic mass is 35.5. The Morgan fingerprint density at radius 2 is 2.00 bits per heavy atom. The second-order valence-electron chi connectivity index (χ2n) is 6.17. The molecule has 2 aromatic rings. The lowest BCUT2D eigenvalue weighted by Gasteiger charge is -2.14. The number of para-hydroxylation sites is 1. The summed E-state index contributed by atoms with van der Waals surface area (Å²) in [5, 5.41) is 4.66. The minimum Gasteiger partial charge on any atom is -0.336 e. The van der Waals surface area contributed by atoms with E-state index in [-0.39, 0.29) is 24.4 Å². The summed E-state index contributed by atoms with van der Waals surface area (Å²) in [5.74, 6) is 0.0424. The van der Waals surface area contributed by atoms with Crippen molar-refractivity contribution >= 4 is 18.3 Å². The molecule has 1 aromatic heterocycles. The highest BCUT2D eigenvalue weighted by molar-refractivity contribution is 5.94. The normalized spacial score (nSPS) is 19.5. The van der Waals surface area contributed by atoms with Crippen LogP contribution in [0.15, 0.2) is 30.3 Å². The molecule has 0 unspecified atom stereocenters. The van der Waals surface area contributed by atoms with Gasteiger partial charge in [-0.05, 0) is 37.8 Å². The lowest BCUT2D eigenvalue weighted by molar-refractivity contribution is 0.0783. The lowest BCUT2D eigenvalue weighted by atomic mass is 10.2. The van der Waals surface area contributed by atoms with Crippen molar-refractivity contribution in [3.63, 3.8) is 0 Å². The van der Waals surface area contributed by atoms with E-state index >= 15 is 0 Å². The SMILES string of the molecule is Cl.N[C@@H]1CCN(C(=O)c2nn(-c3ccccc3)c3c2CCC3)C1. The van der Waals surface area contributed by atoms with Crippen molar-refractivity contribution in [2.45, 2.75) is 31.7 Å². The third kappa shape index (κ3) is 2.75. The van der Waals surface area contributed by atoms with Gasteiger partial charge in [0, 0.05) is 30.4 Å². The highest BCUT2D eigenvalue weighted by Crippen LogP contribution is 2.29. The molecule has 5 nitrogen and oxygen atoms in total. The van der Waals surface area contributed by atoms with Gasteiger partial charge >= 0.3 is 0 Å². The van der Waals surface area contributed by atoms with Crippen LogP contribution in [0.2, 0.25) is 0 Å². The Kier molecular flexibility index (Phi) is 4.41. The van der Waals surface area contributed by atoms with Crippen LogP contribution in [-0.2, 0) is 12.8 Å². The minimum absolute atomic E-state index is 0. The van der Waals surface area contributed by atoms with Gasteiger partial charge in [-0.15, -0.1) is 12.4 Å². The van der Waals surface area contributed by atoms with Gasteiger partial charge in [0.25, 0.3) is 5.91 Å². The molecule has 23 heavy (non-hydrogen) atoms.